The smallest absolute Gasteiger partial charge is 0.327 e. The van der Waals surface area contributed by atoms with Gasteiger partial charge in [0.25, 0.3) is 5.91 Å². The van der Waals surface area contributed by atoms with Crippen molar-refractivity contribution in [3.63, 3.8) is 0 Å². The van der Waals surface area contributed by atoms with Gasteiger partial charge in [0, 0.05) is 5.56 Å². The summed E-state index contributed by atoms with van der Waals surface area (Å²) in [5.74, 6) is -2.54. The minimum Gasteiger partial charge on any atom is -0.480 e. The fourth-order valence-electron chi connectivity index (χ4n) is 2.52. The molecule has 7 heteroatoms. The number of hydrogen-bond donors (Lipinski definition) is 2. The second-order valence-electron chi connectivity index (χ2n) is 5.76. The van der Waals surface area contributed by atoms with Gasteiger partial charge in [0.15, 0.2) is 9.84 Å². The average Bonchev–Trinajstić information content (AvgIpc) is 2.54. The van der Waals surface area contributed by atoms with Crippen LogP contribution in [0.3, 0.4) is 0 Å². The Bertz CT molecular complexity index is 636. The van der Waals surface area contributed by atoms with Gasteiger partial charge in [0.2, 0.25) is 0 Å². The largest absolute Gasteiger partial charge is 0.480 e. The number of amides is 1. The summed E-state index contributed by atoms with van der Waals surface area (Å²) in [7, 11) is -3.61. The van der Waals surface area contributed by atoms with Gasteiger partial charge in [-0.2, -0.15) is 0 Å². The van der Waals surface area contributed by atoms with E-state index in [-0.39, 0.29) is 0 Å². The van der Waals surface area contributed by atoms with E-state index in [1.807, 2.05) is 13.8 Å². The van der Waals surface area contributed by atoms with Gasteiger partial charge in [-0.3, -0.25) is 4.79 Å². The predicted molar refractivity (Wildman–Crippen MR) is 92.7 cm³/mol. The Balaban J connectivity index is 2.88. The van der Waals surface area contributed by atoms with Gasteiger partial charge in [-0.05, 0) is 25.0 Å². The van der Waals surface area contributed by atoms with Crippen LogP contribution < -0.4 is 5.32 Å². The third-order valence-electron chi connectivity index (χ3n) is 3.77. The van der Waals surface area contributed by atoms with Gasteiger partial charge in [-0.15, -0.1) is 0 Å². The van der Waals surface area contributed by atoms with Crippen molar-refractivity contribution in [3.05, 3.63) is 35.9 Å². The van der Waals surface area contributed by atoms with E-state index >= 15 is 0 Å². The number of sulfone groups is 1. The SMILES string of the molecule is CCCC(CCC)S(=O)(=O)CC(NC(=O)c1ccccc1)C(=O)O. The third kappa shape index (κ3) is 5.96. The molecule has 6 nitrogen and oxygen atoms in total. The summed E-state index contributed by atoms with van der Waals surface area (Å²) in [4.78, 5) is 23.5. The highest BCUT2D eigenvalue weighted by Gasteiger charge is 2.32. The molecule has 0 saturated heterocycles. The van der Waals surface area contributed by atoms with Crippen LogP contribution in [-0.2, 0) is 14.6 Å². The Morgan fingerprint density at radius 3 is 2.08 bits per heavy atom. The fraction of sp³-hybridized carbons (Fsp3) is 0.529. The van der Waals surface area contributed by atoms with E-state index < -0.39 is 38.8 Å². The Labute approximate surface area is 143 Å². The first-order valence-electron chi connectivity index (χ1n) is 8.12. The summed E-state index contributed by atoms with van der Waals surface area (Å²) < 4.78 is 25.1. The molecule has 134 valence electrons. The zero-order valence-corrected chi connectivity index (χ0v) is 14.9. The van der Waals surface area contributed by atoms with Gasteiger partial charge in [0.05, 0.1) is 11.0 Å². The van der Waals surface area contributed by atoms with Crippen LogP contribution in [0.4, 0.5) is 0 Å². The number of rotatable bonds is 10. The highest BCUT2D eigenvalue weighted by atomic mass is 32.2. The lowest BCUT2D eigenvalue weighted by molar-refractivity contribution is -0.138. The summed E-state index contributed by atoms with van der Waals surface area (Å²) in [6.07, 6.45) is 2.40. The Hall–Kier alpha value is -1.89. The van der Waals surface area contributed by atoms with Crippen molar-refractivity contribution in [1.29, 1.82) is 0 Å². The highest BCUT2D eigenvalue weighted by Crippen LogP contribution is 2.17. The number of hydrogen-bond acceptors (Lipinski definition) is 4. The molecule has 24 heavy (non-hydrogen) atoms. The van der Waals surface area contributed by atoms with Crippen LogP contribution in [0, 0.1) is 0 Å². The monoisotopic (exact) mass is 355 g/mol. The van der Waals surface area contributed by atoms with Crippen molar-refractivity contribution >= 4 is 21.7 Å². The molecule has 0 fully saturated rings. The van der Waals surface area contributed by atoms with Crippen molar-refractivity contribution in [2.24, 2.45) is 0 Å². The zero-order chi connectivity index (χ0) is 18.2. The number of carboxylic acid groups (broad SMARTS) is 1. The Kier molecular flexibility index (Phi) is 7.91. The second kappa shape index (κ2) is 9.42. The topological polar surface area (TPSA) is 101 Å². The number of benzene rings is 1. The molecule has 1 aromatic rings. The molecule has 0 aromatic heterocycles. The second-order valence-corrected chi connectivity index (χ2v) is 8.08. The molecule has 1 unspecified atom stereocenters. The molecule has 0 heterocycles. The van der Waals surface area contributed by atoms with E-state index in [9.17, 15) is 23.1 Å². The summed E-state index contributed by atoms with van der Waals surface area (Å²) in [5.41, 5.74) is 0.291. The Morgan fingerprint density at radius 1 is 1.08 bits per heavy atom. The first kappa shape index (κ1) is 20.2. The molecule has 0 aliphatic rings. The first-order chi connectivity index (χ1) is 11.3. The fourth-order valence-corrected chi connectivity index (χ4v) is 4.67. The summed E-state index contributed by atoms with van der Waals surface area (Å²) in [6.45, 7) is 3.79. The highest BCUT2D eigenvalue weighted by molar-refractivity contribution is 7.92. The van der Waals surface area contributed by atoms with Crippen LogP contribution in [0.25, 0.3) is 0 Å². The van der Waals surface area contributed by atoms with Gasteiger partial charge in [-0.25, -0.2) is 13.2 Å². The van der Waals surface area contributed by atoms with Gasteiger partial charge >= 0.3 is 5.97 Å². The van der Waals surface area contributed by atoms with Crippen LogP contribution in [0.2, 0.25) is 0 Å². The van der Waals surface area contributed by atoms with Crippen molar-refractivity contribution in [1.82, 2.24) is 5.32 Å². The van der Waals surface area contributed by atoms with E-state index in [0.717, 1.165) is 0 Å². The minimum absolute atomic E-state index is 0.291. The van der Waals surface area contributed by atoms with Gasteiger partial charge < -0.3 is 10.4 Å². The lowest BCUT2D eigenvalue weighted by Crippen LogP contribution is -2.47. The van der Waals surface area contributed by atoms with Gasteiger partial charge in [-0.1, -0.05) is 44.9 Å². The molecular weight excluding hydrogens is 330 g/mol. The minimum atomic E-state index is -3.61. The quantitative estimate of drug-likeness (QED) is 0.670. The van der Waals surface area contributed by atoms with E-state index in [0.29, 0.717) is 31.2 Å². The molecule has 1 rings (SSSR count). The first-order valence-corrected chi connectivity index (χ1v) is 9.83. The molecule has 1 atom stereocenters. The molecule has 1 aromatic carbocycles. The summed E-state index contributed by atoms with van der Waals surface area (Å²) in [6, 6.07) is 6.66. The zero-order valence-electron chi connectivity index (χ0n) is 14.1. The molecule has 0 aliphatic carbocycles. The maximum atomic E-state index is 12.5. The van der Waals surface area contributed by atoms with Crippen LogP contribution >= 0.6 is 0 Å². The summed E-state index contributed by atoms with van der Waals surface area (Å²) >= 11 is 0. The van der Waals surface area contributed by atoms with Crippen molar-refractivity contribution < 1.29 is 23.1 Å². The van der Waals surface area contributed by atoms with E-state index in [1.165, 1.54) is 0 Å². The number of nitrogens with one attached hydrogen (secondary N) is 1. The molecule has 0 saturated carbocycles. The molecule has 0 aliphatic heterocycles. The lowest BCUT2D eigenvalue weighted by Gasteiger charge is -2.20. The van der Waals surface area contributed by atoms with E-state index in [2.05, 4.69) is 5.32 Å². The third-order valence-corrected chi connectivity index (χ3v) is 6.05. The van der Waals surface area contributed by atoms with Crippen LogP contribution in [0.5, 0.6) is 0 Å². The molecule has 0 radical (unpaired) electrons. The molecular formula is C17H25NO5S. The van der Waals surface area contributed by atoms with Crippen molar-refractivity contribution in [2.75, 3.05) is 5.75 Å². The Morgan fingerprint density at radius 2 is 1.62 bits per heavy atom. The number of aliphatic carboxylic acids is 1. The number of carbonyl (C=O) groups excluding carboxylic acids is 1. The van der Waals surface area contributed by atoms with E-state index in [4.69, 9.17) is 0 Å². The normalized spacial score (nSPS) is 12.8. The molecule has 2 N–H and O–H groups in total. The average molecular weight is 355 g/mol. The van der Waals surface area contributed by atoms with Crippen molar-refractivity contribution in [2.45, 2.75) is 50.8 Å². The summed E-state index contributed by atoms with van der Waals surface area (Å²) in [5, 5.41) is 11.0. The van der Waals surface area contributed by atoms with Gasteiger partial charge in [0.1, 0.15) is 6.04 Å². The van der Waals surface area contributed by atoms with Crippen LogP contribution in [-0.4, -0.2) is 42.4 Å². The van der Waals surface area contributed by atoms with Crippen molar-refractivity contribution in [3.8, 4) is 0 Å². The predicted octanol–water partition coefficient (Wildman–Crippen LogP) is 2.25. The standard InChI is InChI=1S/C17H25NO5S/c1-3-8-14(9-4-2)24(22,23)12-15(17(20)21)18-16(19)13-10-6-5-7-11-13/h5-7,10-11,14-15H,3-4,8-9,12H2,1-2H3,(H,18,19)(H,20,21). The van der Waals surface area contributed by atoms with Crippen LogP contribution in [0.1, 0.15) is 49.9 Å². The molecule has 0 spiro atoms. The maximum absolute atomic E-state index is 12.5. The molecule has 1 amide bonds. The molecule has 0 bridgehead atoms. The lowest BCUT2D eigenvalue weighted by atomic mass is 10.2. The maximum Gasteiger partial charge on any atom is 0.327 e. The number of carbonyl (C=O) groups is 2. The van der Waals surface area contributed by atoms with E-state index in [1.54, 1.807) is 30.3 Å². The number of carboxylic acids is 1. The van der Waals surface area contributed by atoms with Crippen LogP contribution in [0.15, 0.2) is 30.3 Å².